The highest BCUT2D eigenvalue weighted by Crippen LogP contribution is 2.28. The maximum Gasteiger partial charge on any atom is 0.337 e. The third kappa shape index (κ3) is 3.01. The fraction of sp³-hybridized carbons (Fsp3) is 0.429. The van der Waals surface area contributed by atoms with Crippen molar-refractivity contribution < 1.29 is 14.3 Å². The van der Waals surface area contributed by atoms with Crippen LogP contribution < -0.4 is 16.0 Å². The molecule has 6 nitrogen and oxygen atoms in total. The molecule has 1 aromatic carbocycles. The number of carbonyl (C=O) groups is 2. The third-order valence-corrected chi connectivity index (χ3v) is 3.38. The van der Waals surface area contributed by atoms with Gasteiger partial charge in [-0.15, -0.1) is 0 Å². The summed E-state index contributed by atoms with van der Waals surface area (Å²) < 4.78 is 4.66. The Morgan fingerprint density at radius 1 is 1.45 bits per heavy atom. The molecule has 1 unspecified atom stereocenters. The van der Waals surface area contributed by atoms with Crippen molar-refractivity contribution in [3.8, 4) is 0 Å². The van der Waals surface area contributed by atoms with Gasteiger partial charge in [-0.1, -0.05) is 0 Å². The minimum Gasteiger partial charge on any atom is -0.465 e. The number of esters is 1. The van der Waals surface area contributed by atoms with Gasteiger partial charge in [0, 0.05) is 26.1 Å². The van der Waals surface area contributed by atoms with Gasteiger partial charge in [-0.05, 0) is 24.6 Å². The van der Waals surface area contributed by atoms with Crippen molar-refractivity contribution in [1.82, 2.24) is 5.32 Å². The van der Waals surface area contributed by atoms with Crippen LogP contribution in [0.2, 0.25) is 0 Å². The second-order valence-corrected chi connectivity index (χ2v) is 4.90. The number of ether oxygens (including phenoxy) is 1. The van der Waals surface area contributed by atoms with Gasteiger partial charge in [-0.3, -0.25) is 4.79 Å². The first kappa shape index (κ1) is 14.2. The van der Waals surface area contributed by atoms with Crippen molar-refractivity contribution in [3.63, 3.8) is 0 Å². The molecule has 0 aliphatic carbocycles. The fourth-order valence-corrected chi connectivity index (χ4v) is 2.47. The van der Waals surface area contributed by atoms with E-state index in [0.717, 1.165) is 25.2 Å². The SMILES string of the molecule is COC(=O)c1ccc(N2CCC(NC(C)=O)C2)c(N)c1. The van der Waals surface area contributed by atoms with Crippen LogP contribution in [0.1, 0.15) is 23.7 Å². The molecule has 1 aliphatic rings. The number of amides is 1. The minimum atomic E-state index is -0.402. The van der Waals surface area contributed by atoms with Gasteiger partial charge in [0.05, 0.1) is 24.0 Å². The average molecular weight is 277 g/mol. The van der Waals surface area contributed by atoms with Crippen molar-refractivity contribution >= 4 is 23.3 Å². The van der Waals surface area contributed by atoms with Gasteiger partial charge in [0.1, 0.15) is 0 Å². The number of anilines is 2. The molecule has 0 bridgehead atoms. The molecule has 1 aromatic rings. The number of nitrogens with one attached hydrogen (secondary N) is 1. The number of nitrogen functional groups attached to an aromatic ring is 1. The van der Waals surface area contributed by atoms with Gasteiger partial charge >= 0.3 is 5.97 Å². The summed E-state index contributed by atoms with van der Waals surface area (Å²) in [7, 11) is 1.34. The maximum absolute atomic E-state index is 11.4. The van der Waals surface area contributed by atoms with Crippen LogP contribution >= 0.6 is 0 Å². The molecule has 0 radical (unpaired) electrons. The van der Waals surface area contributed by atoms with Crippen molar-refractivity contribution in [1.29, 1.82) is 0 Å². The van der Waals surface area contributed by atoms with Crippen molar-refractivity contribution in [2.75, 3.05) is 30.8 Å². The predicted octanol–water partition coefficient (Wildman–Crippen LogP) is 0.770. The number of hydrogen-bond acceptors (Lipinski definition) is 5. The van der Waals surface area contributed by atoms with Crippen LogP contribution in [0.3, 0.4) is 0 Å². The Kier molecular flexibility index (Phi) is 4.12. The Morgan fingerprint density at radius 3 is 2.80 bits per heavy atom. The summed E-state index contributed by atoms with van der Waals surface area (Å²) in [5, 5.41) is 2.90. The Labute approximate surface area is 117 Å². The number of carbonyl (C=O) groups excluding carboxylic acids is 2. The zero-order valence-electron chi connectivity index (χ0n) is 11.7. The second kappa shape index (κ2) is 5.81. The minimum absolute atomic E-state index is 0.0224. The lowest BCUT2D eigenvalue weighted by Gasteiger charge is -2.21. The second-order valence-electron chi connectivity index (χ2n) is 4.90. The number of hydrogen-bond donors (Lipinski definition) is 2. The van der Waals surface area contributed by atoms with Gasteiger partial charge in [-0.25, -0.2) is 4.79 Å². The van der Waals surface area contributed by atoms with Crippen molar-refractivity contribution in [2.45, 2.75) is 19.4 Å². The molecule has 1 fully saturated rings. The van der Waals surface area contributed by atoms with Gasteiger partial charge in [0.15, 0.2) is 0 Å². The van der Waals surface area contributed by atoms with Crippen LogP contribution in [0, 0.1) is 0 Å². The molecule has 0 saturated carbocycles. The number of nitrogens with zero attached hydrogens (tertiary/aromatic N) is 1. The summed E-state index contributed by atoms with van der Waals surface area (Å²) in [6.07, 6.45) is 0.887. The van der Waals surface area contributed by atoms with Gasteiger partial charge in [-0.2, -0.15) is 0 Å². The molecule has 6 heteroatoms. The topological polar surface area (TPSA) is 84.7 Å². The highest BCUT2D eigenvalue weighted by Gasteiger charge is 2.24. The zero-order valence-corrected chi connectivity index (χ0v) is 11.7. The number of rotatable bonds is 3. The van der Waals surface area contributed by atoms with E-state index in [1.165, 1.54) is 14.0 Å². The quantitative estimate of drug-likeness (QED) is 0.629. The molecule has 20 heavy (non-hydrogen) atoms. The molecule has 0 spiro atoms. The highest BCUT2D eigenvalue weighted by atomic mass is 16.5. The van der Waals surface area contributed by atoms with E-state index in [2.05, 4.69) is 15.0 Å². The van der Waals surface area contributed by atoms with E-state index in [0.29, 0.717) is 11.3 Å². The molecule has 3 N–H and O–H groups in total. The summed E-state index contributed by atoms with van der Waals surface area (Å²) in [6.45, 7) is 3.07. The first-order chi connectivity index (χ1) is 9.51. The molecule has 1 atom stereocenters. The van der Waals surface area contributed by atoms with E-state index in [1.807, 2.05) is 6.07 Å². The maximum atomic E-state index is 11.4. The summed E-state index contributed by atoms with van der Waals surface area (Å²) in [4.78, 5) is 24.6. The van der Waals surface area contributed by atoms with Crippen LogP contribution in [0.25, 0.3) is 0 Å². The molecule has 1 amide bonds. The normalized spacial score (nSPS) is 17.9. The summed E-state index contributed by atoms with van der Waals surface area (Å²) in [6, 6.07) is 5.28. The van der Waals surface area contributed by atoms with E-state index in [9.17, 15) is 9.59 Å². The monoisotopic (exact) mass is 277 g/mol. The third-order valence-electron chi connectivity index (χ3n) is 3.38. The average Bonchev–Trinajstić information content (AvgIpc) is 2.85. The van der Waals surface area contributed by atoms with Crippen LogP contribution in [0.4, 0.5) is 11.4 Å². The predicted molar refractivity (Wildman–Crippen MR) is 76.6 cm³/mol. The Balaban J connectivity index is 2.10. The van der Waals surface area contributed by atoms with E-state index in [-0.39, 0.29) is 11.9 Å². The molecule has 1 aliphatic heterocycles. The molecule has 1 heterocycles. The lowest BCUT2D eigenvalue weighted by atomic mass is 10.1. The smallest absolute Gasteiger partial charge is 0.337 e. The van der Waals surface area contributed by atoms with E-state index < -0.39 is 5.97 Å². The first-order valence-electron chi connectivity index (χ1n) is 6.51. The van der Waals surface area contributed by atoms with E-state index in [4.69, 9.17) is 5.73 Å². The van der Waals surface area contributed by atoms with Gasteiger partial charge < -0.3 is 20.7 Å². The highest BCUT2D eigenvalue weighted by molar-refractivity contribution is 5.92. The molecule has 2 rings (SSSR count). The number of benzene rings is 1. The molecule has 0 aromatic heterocycles. The summed E-state index contributed by atoms with van der Waals surface area (Å²) >= 11 is 0. The zero-order chi connectivity index (χ0) is 14.7. The summed E-state index contributed by atoms with van der Waals surface area (Å²) in [5.74, 6) is -0.424. The Morgan fingerprint density at radius 2 is 2.20 bits per heavy atom. The van der Waals surface area contributed by atoms with Crippen molar-refractivity contribution in [2.24, 2.45) is 0 Å². The molecule has 1 saturated heterocycles. The van der Waals surface area contributed by atoms with Crippen LogP contribution in [0.5, 0.6) is 0 Å². The number of nitrogens with two attached hydrogens (primary N) is 1. The van der Waals surface area contributed by atoms with Crippen molar-refractivity contribution in [3.05, 3.63) is 23.8 Å². The largest absolute Gasteiger partial charge is 0.465 e. The molecular weight excluding hydrogens is 258 g/mol. The Hall–Kier alpha value is -2.24. The lowest BCUT2D eigenvalue weighted by molar-refractivity contribution is -0.119. The molecular formula is C14H19N3O3. The fourth-order valence-electron chi connectivity index (χ4n) is 2.47. The van der Waals surface area contributed by atoms with Crippen LogP contribution in [-0.4, -0.2) is 38.1 Å². The summed E-state index contributed by atoms with van der Waals surface area (Å²) in [5.41, 5.74) is 7.86. The van der Waals surface area contributed by atoms with Crippen LogP contribution in [0.15, 0.2) is 18.2 Å². The van der Waals surface area contributed by atoms with Crippen LogP contribution in [-0.2, 0) is 9.53 Å². The Bertz CT molecular complexity index is 530. The van der Waals surface area contributed by atoms with Gasteiger partial charge in [0.2, 0.25) is 5.91 Å². The standard InChI is InChI=1S/C14H19N3O3/c1-9(18)16-11-5-6-17(8-11)13-4-3-10(7-12(13)15)14(19)20-2/h3-4,7,11H,5-6,8,15H2,1-2H3,(H,16,18). The number of methoxy groups -OCH3 is 1. The first-order valence-corrected chi connectivity index (χ1v) is 6.51. The molecule has 108 valence electrons. The van der Waals surface area contributed by atoms with Gasteiger partial charge in [0.25, 0.3) is 0 Å². The van der Waals surface area contributed by atoms with E-state index >= 15 is 0 Å². The lowest BCUT2D eigenvalue weighted by Crippen LogP contribution is -2.35. The van der Waals surface area contributed by atoms with E-state index in [1.54, 1.807) is 12.1 Å².